The molecule has 2 heterocycles. The van der Waals surface area contributed by atoms with E-state index in [1.165, 1.54) is 18.4 Å². The van der Waals surface area contributed by atoms with Crippen LogP contribution in [0.2, 0.25) is 5.02 Å². The highest BCUT2D eigenvalue weighted by Crippen LogP contribution is 2.37. The second-order valence-corrected chi connectivity index (χ2v) is 9.48. The Labute approximate surface area is 196 Å². The minimum absolute atomic E-state index is 0. The summed E-state index contributed by atoms with van der Waals surface area (Å²) >= 11 is 9.09. The molecule has 9 heteroatoms. The predicted molar refractivity (Wildman–Crippen MR) is 128 cm³/mol. The van der Waals surface area contributed by atoms with Crippen LogP contribution >= 0.6 is 47.1 Å². The normalized spacial score (nSPS) is 13.3. The van der Waals surface area contributed by atoms with Gasteiger partial charge in [0.15, 0.2) is 0 Å². The molecule has 0 unspecified atom stereocenters. The fourth-order valence-electron chi connectivity index (χ4n) is 3.28. The predicted octanol–water partition coefficient (Wildman–Crippen LogP) is 5.50. The highest BCUT2D eigenvalue weighted by molar-refractivity contribution is 7.99. The molecule has 0 saturated carbocycles. The number of fused-ring (bicyclic) bond motifs is 1. The van der Waals surface area contributed by atoms with Gasteiger partial charge in [-0.05, 0) is 55.0 Å². The molecule has 1 N–H and O–H groups in total. The van der Waals surface area contributed by atoms with Gasteiger partial charge in [0.1, 0.15) is 5.00 Å². The van der Waals surface area contributed by atoms with Gasteiger partial charge in [-0.15, -0.1) is 35.5 Å². The van der Waals surface area contributed by atoms with E-state index >= 15 is 0 Å². The van der Waals surface area contributed by atoms with Crippen LogP contribution in [-0.4, -0.2) is 42.7 Å². The Kier molecular flexibility index (Phi) is 9.97. The second kappa shape index (κ2) is 12.0. The summed E-state index contributed by atoms with van der Waals surface area (Å²) in [5.74, 6) is 0.393. The molecule has 1 aromatic heterocycles. The highest BCUT2D eigenvalue weighted by atomic mass is 35.5. The molecular weight excluding hydrogens is 463 g/mol. The average molecular weight is 489 g/mol. The highest BCUT2D eigenvalue weighted by Gasteiger charge is 2.28. The van der Waals surface area contributed by atoms with Gasteiger partial charge in [-0.3, -0.25) is 9.69 Å². The van der Waals surface area contributed by atoms with Gasteiger partial charge in [-0.1, -0.05) is 18.5 Å². The Morgan fingerprint density at radius 3 is 2.70 bits per heavy atom. The first kappa shape index (κ1) is 25.0. The zero-order valence-corrected chi connectivity index (χ0v) is 20.2. The molecule has 0 fully saturated rings. The van der Waals surface area contributed by atoms with Crippen LogP contribution in [0.1, 0.15) is 40.6 Å². The number of thiophene rings is 1. The number of halogens is 2. The summed E-state index contributed by atoms with van der Waals surface area (Å²) in [6.07, 6.45) is 1.96. The molecule has 0 aliphatic carbocycles. The molecule has 1 amide bonds. The lowest BCUT2D eigenvalue weighted by Gasteiger charge is -2.25. The molecule has 0 spiro atoms. The zero-order valence-electron chi connectivity index (χ0n) is 17.0. The Morgan fingerprint density at radius 2 is 2.03 bits per heavy atom. The van der Waals surface area contributed by atoms with Gasteiger partial charge < -0.3 is 10.1 Å². The van der Waals surface area contributed by atoms with E-state index in [-0.39, 0.29) is 24.3 Å². The maximum atomic E-state index is 12.5. The monoisotopic (exact) mass is 488 g/mol. The fraction of sp³-hybridized carbons (Fsp3) is 0.429. The third-order valence-corrected chi connectivity index (χ3v) is 7.34. The summed E-state index contributed by atoms with van der Waals surface area (Å²) < 4.78 is 4.98. The summed E-state index contributed by atoms with van der Waals surface area (Å²) in [5.41, 5.74) is 1.56. The van der Waals surface area contributed by atoms with Crippen LogP contribution in [0.3, 0.4) is 0 Å². The number of likely N-dealkylation sites (N-methyl/N-ethyl adjacent to an activating group) is 1. The summed E-state index contributed by atoms with van der Waals surface area (Å²) in [4.78, 5) is 29.4. The summed E-state index contributed by atoms with van der Waals surface area (Å²) in [5, 5.41) is 4.29. The standard InChI is InChI=1S/C21H25ClN2O3S2.ClH/c1-3-24-11-10-16-17(13-24)29-20(19(16)21(26)27-2)23-18(25)5-4-12-28-15-8-6-14(22)7-9-15;/h6-9H,3-5,10-13H2,1-2H3,(H,23,25);1H. The Morgan fingerprint density at radius 1 is 1.30 bits per heavy atom. The first-order valence-corrected chi connectivity index (χ1v) is 11.8. The quantitative estimate of drug-likeness (QED) is 0.302. The number of thioether (sulfide) groups is 1. The van der Waals surface area contributed by atoms with Crippen LogP contribution in [0.25, 0.3) is 0 Å². The molecule has 2 aromatic rings. The Hall–Kier alpha value is -1.25. The molecule has 3 rings (SSSR count). The number of nitrogens with zero attached hydrogens (tertiary/aromatic N) is 1. The van der Waals surface area contributed by atoms with Gasteiger partial charge in [0.25, 0.3) is 0 Å². The van der Waals surface area contributed by atoms with Crippen LogP contribution in [0, 0.1) is 0 Å². The van der Waals surface area contributed by atoms with Crippen molar-refractivity contribution in [3.8, 4) is 0 Å². The number of carbonyl (C=O) groups excluding carboxylic acids is 2. The minimum atomic E-state index is -0.374. The molecule has 0 bridgehead atoms. The molecule has 0 atom stereocenters. The molecular formula is C21H26Cl2N2O3S2. The van der Waals surface area contributed by atoms with Crippen LogP contribution in [0.15, 0.2) is 29.2 Å². The SMILES string of the molecule is CCN1CCc2c(sc(NC(=O)CCCSc3ccc(Cl)cc3)c2C(=O)OC)C1.Cl. The van der Waals surface area contributed by atoms with Gasteiger partial charge in [0.05, 0.1) is 12.7 Å². The van der Waals surface area contributed by atoms with E-state index in [1.54, 1.807) is 11.8 Å². The Bertz CT molecular complexity index is 872. The number of benzene rings is 1. The van der Waals surface area contributed by atoms with Gasteiger partial charge in [0, 0.05) is 34.3 Å². The summed E-state index contributed by atoms with van der Waals surface area (Å²) in [6, 6.07) is 7.68. The number of hydrogen-bond donors (Lipinski definition) is 1. The number of rotatable bonds is 8. The molecule has 1 aliphatic heterocycles. The maximum Gasteiger partial charge on any atom is 0.341 e. The van der Waals surface area contributed by atoms with Crippen LogP contribution in [0.4, 0.5) is 5.00 Å². The van der Waals surface area contributed by atoms with Crippen molar-refractivity contribution in [1.82, 2.24) is 4.90 Å². The molecule has 164 valence electrons. The minimum Gasteiger partial charge on any atom is -0.465 e. The molecule has 0 radical (unpaired) electrons. The van der Waals surface area contributed by atoms with Crippen LogP contribution in [-0.2, 0) is 22.5 Å². The van der Waals surface area contributed by atoms with E-state index in [0.29, 0.717) is 17.0 Å². The van der Waals surface area contributed by atoms with E-state index in [9.17, 15) is 9.59 Å². The smallest absolute Gasteiger partial charge is 0.341 e. The van der Waals surface area contributed by atoms with E-state index < -0.39 is 0 Å². The van der Waals surface area contributed by atoms with Crippen molar-refractivity contribution in [3.63, 3.8) is 0 Å². The van der Waals surface area contributed by atoms with Gasteiger partial charge in [-0.2, -0.15) is 0 Å². The largest absolute Gasteiger partial charge is 0.465 e. The zero-order chi connectivity index (χ0) is 20.8. The van der Waals surface area contributed by atoms with E-state index in [0.717, 1.165) is 58.6 Å². The Balaban J connectivity index is 0.00000320. The molecule has 30 heavy (non-hydrogen) atoms. The lowest BCUT2D eigenvalue weighted by Crippen LogP contribution is -2.29. The number of carbonyl (C=O) groups is 2. The van der Waals surface area contributed by atoms with Gasteiger partial charge >= 0.3 is 5.97 Å². The van der Waals surface area contributed by atoms with Crippen molar-refractivity contribution in [2.45, 2.75) is 37.6 Å². The summed E-state index contributed by atoms with van der Waals surface area (Å²) in [7, 11) is 1.38. The average Bonchev–Trinajstić information content (AvgIpc) is 3.08. The number of hydrogen-bond acceptors (Lipinski definition) is 6. The second-order valence-electron chi connectivity index (χ2n) is 6.77. The van der Waals surface area contributed by atoms with E-state index in [2.05, 4.69) is 17.1 Å². The number of anilines is 1. The van der Waals surface area contributed by atoms with Crippen molar-refractivity contribution in [3.05, 3.63) is 45.3 Å². The first-order valence-electron chi connectivity index (χ1n) is 9.65. The molecule has 5 nitrogen and oxygen atoms in total. The molecule has 0 saturated heterocycles. The third kappa shape index (κ3) is 6.37. The van der Waals surface area contributed by atoms with Crippen molar-refractivity contribution < 1.29 is 14.3 Å². The van der Waals surface area contributed by atoms with Gasteiger partial charge in [0.2, 0.25) is 5.91 Å². The van der Waals surface area contributed by atoms with Crippen molar-refractivity contribution >= 4 is 64.0 Å². The topological polar surface area (TPSA) is 58.6 Å². The van der Waals surface area contributed by atoms with Crippen LogP contribution in [0.5, 0.6) is 0 Å². The third-order valence-electron chi connectivity index (χ3n) is 4.86. The fourth-order valence-corrected chi connectivity index (χ4v) is 5.55. The van der Waals surface area contributed by atoms with Crippen molar-refractivity contribution in [2.75, 3.05) is 31.3 Å². The van der Waals surface area contributed by atoms with E-state index in [4.69, 9.17) is 16.3 Å². The van der Waals surface area contributed by atoms with Gasteiger partial charge in [-0.25, -0.2) is 4.79 Å². The first-order chi connectivity index (χ1) is 14.0. The lowest BCUT2D eigenvalue weighted by atomic mass is 10.0. The molecule has 1 aromatic carbocycles. The van der Waals surface area contributed by atoms with Crippen molar-refractivity contribution in [1.29, 1.82) is 0 Å². The summed E-state index contributed by atoms with van der Waals surface area (Å²) in [6.45, 7) is 4.83. The van der Waals surface area contributed by atoms with E-state index in [1.807, 2.05) is 24.3 Å². The maximum absolute atomic E-state index is 12.5. The number of ether oxygens (including phenoxy) is 1. The number of nitrogens with one attached hydrogen (secondary N) is 1. The number of amides is 1. The number of methoxy groups -OCH3 is 1. The number of esters is 1. The van der Waals surface area contributed by atoms with Crippen LogP contribution < -0.4 is 5.32 Å². The van der Waals surface area contributed by atoms with Crippen molar-refractivity contribution in [2.24, 2.45) is 0 Å². The lowest BCUT2D eigenvalue weighted by molar-refractivity contribution is -0.116. The molecule has 1 aliphatic rings.